The summed E-state index contributed by atoms with van der Waals surface area (Å²) >= 11 is 0. The predicted octanol–water partition coefficient (Wildman–Crippen LogP) is 2.61. The molecule has 1 aliphatic heterocycles. The fraction of sp³-hybridized carbons (Fsp3) is 0.588. The first-order valence-corrected chi connectivity index (χ1v) is 7.89. The highest BCUT2D eigenvalue weighted by molar-refractivity contribution is 5.75. The normalized spacial score (nSPS) is 18.1. The lowest BCUT2D eigenvalue weighted by Gasteiger charge is -2.27. The molecule has 2 N–H and O–H groups in total. The second-order valence-electron chi connectivity index (χ2n) is 5.76. The van der Waals surface area contributed by atoms with Gasteiger partial charge in [0.1, 0.15) is 6.04 Å². The van der Waals surface area contributed by atoms with Gasteiger partial charge in [0.25, 0.3) is 0 Å². The summed E-state index contributed by atoms with van der Waals surface area (Å²) in [4.78, 5) is 13.8. The van der Waals surface area contributed by atoms with Crippen LogP contribution in [0, 0.1) is 0 Å². The van der Waals surface area contributed by atoms with Crippen molar-refractivity contribution in [3.05, 3.63) is 35.4 Å². The molecule has 0 saturated carbocycles. The van der Waals surface area contributed by atoms with Gasteiger partial charge in [-0.3, -0.25) is 9.69 Å². The van der Waals surface area contributed by atoms with Crippen LogP contribution in [0.5, 0.6) is 0 Å². The first-order chi connectivity index (χ1) is 10.2. The Kier molecular flexibility index (Phi) is 6.21. The van der Waals surface area contributed by atoms with Gasteiger partial charge >= 0.3 is 5.97 Å². The number of hydrogen-bond donors (Lipinski definition) is 2. The van der Waals surface area contributed by atoms with Crippen molar-refractivity contribution in [2.45, 2.75) is 44.6 Å². The molecule has 0 amide bonds. The highest BCUT2D eigenvalue weighted by Crippen LogP contribution is 2.25. The summed E-state index contributed by atoms with van der Waals surface area (Å²) in [7, 11) is 0. The SMILES string of the molecule is O=C(O)[C@@H](c1ccc(CCCO)cc1)N1CCCCCC1. The molecule has 1 aromatic carbocycles. The van der Waals surface area contributed by atoms with Crippen LogP contribution >= 0.6 is 0 Å². The summed E-state index contributed by atoms with van der Waals surface area (Å²) in [6.45, 7) is 1.92. The number of aryl methyl sites for hydroxylation is 1. The zero-order valence-electron chi connectivity index (χ0n) is 12.5. The third-order valence-corrected chi connectivity index (χ3v) is 4.16. The van der Waals surface area contributed by atoms with Crippen LogP contribution < -0.4 is 0 Å². The van der Waals surface area contributed by atoms with Gasteiger partial charge in [-0.1, -0.05) is 37.1 Å². The van der Waals surface area contributed by atoms with Crippen LogP contribution in [0.1, 0.15) is 49.3 Å². The molecule has 0 radical (unpaired) electrons. The Morgan fingerprint density at radius 3 is 2.24 bits per heavy atom. The third-order valence-electron chi connectivity index (χ3n) is 4.16. The number of carboxylic acids is 1. The molecule has 116 valence electrons. The molecule has 1 heterocycles. The summed E-state index contributed by atoms with van der Waals surface area (Å²) in [5, 5.41) is 18.5. The maximum absolute atomic E-state index is 11.7. The minimum Gasteiger partial charge on any atom is -0.480 e. The number of aliphatic hydroxyl groups excluding tert-OH is 1. The van der Waals surface area contributed by atoms with Crippen molar-refractivity contribution in [3.8, 4) is 0 Å². The van der Waals surface area contributed by atoms with E-state index < -0.39 is 12.0 Å². The number of aliphatic hydroxyl groups is 1. The molecule has 4 heteroatoms. The quantitative estimate of drug-likeness (QED) is 0.846. The average molecular weight is 291 g/mol. The maximum atomic E-state index is 11.7. The van der Waals surface area contributed by atoms with Crippen molar-refractivity contribution < 1.29 is 15.0 Å². The number of aliphatic carboxylic acids is 1. The number of rotatable bonds is 6. The molecule has 21 heavy (non-hydrogen) atoms. The maximum Gasteiger partial charge on any atom is 0.325 e. The minimum atomic E-state index is -0.764. The van der Waals surface area contributed by atoms with E-state index in [0.29, 0.717) is 0 Å². The number of carbonyl (C=O) groups is 1. The Labute approximate surface area is 126 Å². The molecule has 1 saturated heterocycles. The van der Waals surface area contributed by atoms with Crippen molar-refractivity contribution in [1.29, 1.82) is 0 Å². The topological polar surface area (TPSA) is 60.8 Å². The van der Waals surface area contributed by atoms with Gasteiger partial charge in [0.05, 0.1) is 0 Å². The molecule has 4 nitrogen and oxygen atoms in total. The second kappa shape index (κ2) is 8.15. The molecule has 1 atom stereocenters. The zero-order valence-corrected chi connectivity index (χ0v) is 12.5. The first kappa shape index (κ1) is 16.0. The van der Waals surface area contributed by atoms with Gasteiger partial charge in [-0.2, -0.15) is 0 Å². The van der Waals surface area contributed by atoms with Gasteiger partial charge in [-0.25, -0.2) is 0 Å². The largest absolute Gasteiger partial charge is 0.480 e. The predicted molar refractivity (Wildman–Crippen MR) is 82.3 cm³/mol. The lowest BCUT2D eigenvalue weighted by atomic mass is 10.0. The lowest BCUT2D eigenvalue weighted by molar-refractivity contribution is -0.143. The fourth-order valence-corrected chi connectivity index (χ4v) is 3.01. The molecule has 1 aromatic rings. The molecular weight excluding hydrogens is 266 g/mol. The summed E-state index contributed by atoms with van der Waals surface area (Å²) in [6, 6.07) is 7.29. The Bertz CT molecular complexity index is 436. The van der Waals surface area contributed by atoms with Gasteiger partial charge in [0.15, 0.2) is 0 Å². The number of likely N-dealkylation sites (tertiary alicyclic amines) is 1. The average Bonchev–Trinajstić information content (AvgIpc) is 2.75. The van der Waals surface area contributed by atoms with Crippen molar-refractivity contribution in [2.24, 2.45) is 0 Å². The number of nitrogens with zero attached hydrogens (tertiary/aromatic N) is 1. The van der Waals surface area contributed by atoms with E-state index in [0.717, 1.165) is 49.9 Å². The summed E-state index contributed by atoms with van der Waals surface area (Å²) in [6.07, 6.45) is 6.13. The lowest BCUT2D eigenvalue weighted by Crippen LogP contribution is -2.34. The van der Waals surface area contributed by atoms with Crippen molar-refractivity contribution in [3.63, 3.8) is 0 Å². The highest BCUT2D eigenvalue weighted by Gasteiger charge is 2.27. The fourth-order valence-electron chi connectivity index (χ4n) is 3.01. The van der Waals surface area contributed by atoms with Crippen LogP contribution in [-0.2, 0) is 11.2 Å². The molecular formula is C17H25NO3. The second-order valence-corrected chi connectivity index (χ2v) is 5.76. The molecule has 2 rings (SSSR count). The van der Waals surface area contributed by atoms with Gasteiger partial charge in [-0.15, -0.1) is 0 Å². The van der Waals surface area contributed by atoms with E-state index in [-0.39, 0.29) is 6.61 Å². The monoisotopic (exact) mass is 291 g/mol. The molecule has 0 bridgehead atoms. The molecule has 0 aliphatic carbocycles. The molecule has 1 fully saturated rings. The molecule has 1 aliphatic rings. The Morgan fingerprint density at radius 1 is 1.10 bits per heavy atom. The van der Waals surface area contributed by atoms with Gasteiger partial charge in [0.2, 0.25) is 0 Å². The van der Waals surface area contributed by atoms with E-state index in [1.165, 1.54) is 12.8 Å². The Balaban J connectivity index is 2.11. The van der Waals surface area contributed by atoms with Gasteiger partial charge in [0, 0.05) is 6.61 Å². The smallest absolute Gasteiger partial charge is 0.325 e. The zero-order chi connectivity index (χ0) is 15.1. The van der Waals surface area contributed by atoms with Gasteiger partial charge in [-0.05, 0) is 49.9 Å². The third kappa shape index (κ3) is 4.55. The van der Waals surface area contributed by atoms with E-state index in [4.69, 9.17) is 5.11 Å². The van der Waals surface area contributed by atoms with Crippen LogP contribution in [0.25, 0.3) is 0 Å². The van der Waals surface area contributed by atoms with E-state index in [9.17, 15) is 9.90 Å². The number of hydrogen-bond acceptors (Lipinski definition) is 3. The minimum absolute atomic E-state index is 0.188. The van der Waals surface area contributed by atoms with Crippen molar-refractivity contribution >= 4 is 5.97 Å². The van der Waals surface area contributed by atoms with Crippen LogP contribution in [0.2, 0.25) is 0 Å². The van der Waals surface area contributed by atoms with E-state index in [1.807, 2.05) is 24.3 Å². The van der Waals surface area contributed by atoms with Crippen LogP contribution in [0.15, 0.2) is 24.3 Å². The molecule has 0 spiro atoms. The Hall–Kier alpha value is -1.39. The van der Waals surface area contributed by atoms with Crippen LogP contribution in [0.4, 0.5) is 0 Å². The van der Waals surface area contributed by atoms with E-state index in [1.54, 1.807) is 0 Å². The summed E-state index contributed by atoms with van der Waals surface area (Å²) in [5.41, 5.74) is 2.00. The summed E-state index contributed by atoms with van der Waals surface area (Å²) in [5.74, 6) is -0.764. The number of carboxylic acid groups (broad SMARTS) is 1. The number of benzene rings is 1. The van der Waals surface area contributed by atoms with E-state index >= 15 is 0 Å². The molecule has 0 unspecified atom stereocenters. The van der Waals surface area contributed by atoms with Crippen LogP contribution in [0.3, 0.4) is 0 Å². The highest BCUT2D eigenvalue weighted by atomic mass is 16.4. The van der Waals surface area contributed by atoms with Gasteiger partial charge < -0.3 is 10.2 Å². The van der Waals surface area contributed by atoms with E-state index in [2.05, 4.69) is 4.90 Å². The van der Waals surface area contributed by atoms with Crippen molar-refractivity contribution in [1.82, 2.24) is 4.90 Å². The standard InChI is InChI=1S/C17H25NO3/c19-13-5-6-14-7-9-15(10-8-14)16(17(20)21)18-11-3-1-2-4-12-18/h7-10,16,19H,1-6,11-13H2,(H,20,21)/t16-/m1/s1. The van der Waals surface area contributed by atoms with Crippen LogP contribution in [-0.4, -0.2) is 40.8 Å². The van der Waals surface area contributed by atoms with Crippen molar-refractivity contribution in [2.75, 3.05) is 19.7 Å². The first-order valence-electron chi connectivity index (χ1n) is 7.89. The summed E-state index contributed by atoms with van der Waals surface area (Å²) < 4.78 is 0. The molecule has 0 aromatic heterocycles. The Morgan fingerprint density at radius 2 is 1.71 bits per heavy atom.